The summed E-state index contributed by atoms with van der Waals surface area (Å²) in [5.41, 5.74) is 15.3. The topological polar surface area (TPSA) is 16.4 Å². The van der Waals surface area contributed by atoms with E-state index in [4.69, 9.17) is 4.42 Å². The van der Waals surface area contributed by atoms with E-state index in [0.717, 1.165) is 39.0 Å². The van der Waals surface area contributed by atoms with Crippen LogP contribution in [0.2, 0.25) is 0 Å². The highest BCUT2D eigenvalue weighted by molar-refractivity contribution is 6.06. The maximum atomic E-state index is 6.23. The van der Waals surface area contributed by atoms with Gasteiger partial charge >= 0.3 is 0 Å². The summed E-state index contributed by atoms with van der Waals surface area (Å²) in [5, 5.41) is 4.72. The lowest BCUT2D eigenvalue weighted by molar-refractivity contribution is 0.660. The number of hydrogen-bond acceptors (Lipinski definition) is 2. The molecule has 0 saturated carbocycles. The summed E-state index contributed by atoms with van der Waals surface area (Å²) < 4.78 is 6.23. The molecule has 51 heavy (non-hydrogen) atoms. The molecular formula is C49H35NO. The second-order valence-corrected chi connectivity index (χ2v) is 14.2. The summed E-state index contributed by atoms with van der Waals surface area (Å²) in [6, 6.07) is 63.7. The fourth-order valence-electron chi connectivity index (χ4n) is 8.28. The quantitative estimate of drug-likeness (QED) is 0.184. The number of nitrogens with zero attached hydrogens (tertiary/aromatic N) is 1. The van der Waals surface area contributed by atoms with Crippen molar-refractivity contribution in [1.82, 2.24) is 0 Å². The molecule has 1 heterocycles. The predicted octanol–water partition coefficient (Wildman–Crippen LogP) is 13.8. The third-order valence-corrected chi connectivity index (χ3v) is 10.9. The van der Waals surface area contributed by atoms with E-state index in [-0.39, 0.29) is 5.41 Å². The van der Waals surface area contributed by atoms with Crippen LogP contribution >= 0.6 is 0 Å². The van der Waals surface area contributed by atoms with Gasteiger partial charge in [0.25, 0.3) is 0 Å². The van der Waals surface area contributed by atoms with Crippen molar-refractivity contribution in [2.24, 2.45) is 0 Å². The summed E-state index contributed by atoms with van der Waals surface area (Å²) in [5.74, 6) is 0. The van der Waals surface area contributed by atoms with Crippen molar-refractivity contribution in [3.05, 3.63) is 187 Å². The maximum Gasteiger partial charge on any atom is 0.135 e. The molecule has 1 aliphatic rings. The van der Waals surface area contributed by atoms with Gasteiger partial charge in [-0.2, -0.15) is 0 Å². The Morgan fingerprint density at radius 1 is 0.392 bits per heavy atom. The number of fused-ring (bicyclic) bond motifs is 7. The first kappa shape index (κ1) is 29.5. The summed E-state index contributed by atoms with van der Waals surface area (Å²) >= 11 is 0. The molecule has 242 valence electrons. The molecule has 0 fully saturated rings. The molecule has 0 spiro atoms. The van der Waals surface area contributed by atoms with Crippen molar-refractivity contribution in [1.29, 1.82) is 0 Å². The molecule has 0 unspecified atom stereocenters. The van der Waals surface area contributed by atoms with Crippen molar-refractivity contribution in [2.45, 2.75) is 19.3 Å². The standard InChI is InChI=1S/C49H35NO/c1-49(2)45-19-7-5-16-41(45)42-27-23-34(30-46(42)49)32-21-24-36(25-22-32)50(38-26-28-48-44(31-38)43-17-6-8-20-47(43)51-48)37-14-9-13-35(29-37)40-18-10-12-33-11-3-4-15-39(33)40/h3-31H,1-2H3. The highest BCUT2D eigenvalue weighted by atomic mass is 16.3. The molecule has 8 aromatic carbocycles. The van der Waals surface area contributed by atoms with Gasteiger partial charge in [-0.25, -0.2) is 0 Å². The first-order valence-electron chi connectivity index (χ1n) is 17.7. The molecule has 9 aromatic rings. The molecule has 0 radical (unpaired) electrons. The van der Waals surface area contributed by atoms with Crippen LogP contribution in [0.1, 0.15) is 25.0 Å². The van der Waals surface area contributed by atoms with Crippen LogP contribution in [0.4, 0.5) is 17.1 Å². The van der Waals surface area contributed by atoms with E-state index in [9.17, 15) is 0 Å². The molecule has 10 rings (SSSR count). The monoisotopic (exact) mass is 653 g/mol. The van der Waals surface area contributed by atoms with E-state index in [0.29, 0.717) is 0 Å². The van der Waals surface area contributed by atoms with Gasteiger partial charge in [-0.3, -0.25) is 0 Å². The molecule has 2 heteroatoms. The van der Waals surface area contributed by atoms with Gasteiger partial charge in [0.15, 0.2) is 0 Å². The number of hydrogen-bond donors (Lipinski definition) is 0. The Balaban J connectivity index is 1.10. The third kappa shape index (κ3) is 4.71. The van der Waals surface area contributed by atoms with Crippen molar-refractivity contribution in [3.8, 4) is 33.4 Å². The molecule has 0 atom stereocenters. The van der Waals surface area contributed by atoms with Gasteiger partial charge in [-0.05, 0) is 110 Å². The third-order valence-electron chi connectivity index (χ3n) is 10.9. The zero-order chi connectivity index (χ0) is 34.1. The minimum atomic E-state index is -0.0380. The average Bonchev–Trinajstić information content (AvgIpc) is 3.66. The molecule has 1 aliphatic carbocycles. The van der Waals surface area contributed by atoms with E-state index in [1.54, 1.807) is 0 Å². The van der Waals surface area contributed by atoms with Gasteiger partial charge in [0, 0.05) is 33.2 Å². The minimum absolute atomic E-state index is 0.0380. The number of rotatable bonds is 5. The van der Waals surface area contributed by atoms with Crippen LogP contribution < -0.4 is 4.90 Å². The first-order chi connectivity index (χ1) is 25.0. The van der Waals surface area contributed by atoms with Crippen molar-refractivity contribution in [3.63, 3.8) is 0 Å². The first-order valence-corrected chi connectivity index (χ1v) is 17.7. The van der Waals surface area contributed by atoms with Gasteiger partial charge in [-0.1, -0.05) is 135 Å². The van der Waals surface area contributed by atoms with Crippen molar-refractivity contribution < 1.29 is 4.42 Å². The number of anilines is 3. The highest BCUT2D eigenvalue weighted by Gasteiger charge is 2.35. The lowest BCUT2D eigenvalue weighted by atomic mass is 9.81. The molecule has 0 saturated heterocycles. The Morgan fingerprint density at radius 2 is 1.04 bits per heavy atom. The van der Waals surface area contributed by atoms with Gasteiger partial charge in [0.2, 0.25) is 0 Å². The Labute approximate surface area is 297 Å². The molecule has 1 aromatic heterocycles. The molecule has 2 nitrogen and oxygen atoms in total. The number of para-hydroxylation sites is 1. The van der Waals surface area contributed by atoms with E-state index in [1.165, 1.54) is 55.3 Å². The Hall–Kier alpha value is -6.38. The summed E-state index contributed by atoms with van der Waals surface area (Å²) in [7, 11) is 0. The molecule has 0 N–H and O–H groups in total. The van der Waals surface area contributed by atoms with Gasteiger partial charge in [0.05, 0.1) is 0 Å². The largest absolute Gasteiger partial charge is 0.456 e. The van der Waals surface area contributed by atoms with Crippen molar-refractivity contribution in [2.75, 3.05) is 4.90 Å². The highest BCUT2D eigenvalue weighted by Crippen LogP contribution is 2.50. The van der Waals surface area contributed by atoms with E-state index < -0.39 is 0 Å². The Morgan fingerprint density at radius 3 is 1.94 bits per heavy atom. The van der Waals surface area contributed by atoms with E-state index in [1.807, 2.05) is 12.1 Å². The van der Waals surface area contributed by atoms with E-state index >= 15 is 0 Å². The van der Waals surface area contributed by atoms with Crippen LogP contribution in [-0.2, 0) is 5.41 Å². The fourth-order valence-corrected chi connectivity index (χ4v) is 8.28. The van der Waals surface area contributed by atoms with Crippen LogP contribution in [0.3, 0.4) is 0 Å². The summed E-state index contributed by atoms with van der Waals surface area (Å²) in [6.07, 6.45) is 0. The molecule has 0 amide bonds. The Kier molecular flexibility index (Phi) is 6.56. The summed E-state index contributed by atoms with van der Waals surface area (Å²) in [4.78, 5) is 2.36. The predicted molar refractivity (Wildman–Crippen MR) is 214 cm³/mol. The average molecular weight is 654 g/mol. The zero-order valence-corrected chi connectivity index (χ0v) is 28.6. The summed E-state index contributed by atoms with van der Waals surface area (Å²) in [6.45, 7) is 4.68. The zero-order valence-electron chi connectivity index (χ0n) is 28.6. The van der Waals surface area contributed by atoms with Gasteiger partial charge in [0.1, 0.15) is 11.2 Å². The van der Waals surface area contributed by atoms with Gasteiger partial charge < -0.3 is 9.32 Å². The van der Waals surface area contributed by atoms with Crippen LogP contribution in [0.25, 0.3) is 66.1 Å². The SMILES string of the molecule is CC1(C)c2ccccc2-c2ccc(-c3ccc(N(c4cccc(-c5cccc6ccccc56)c4)c4ccc5oc6ccccc6c5c4)cc3)cc21. The molecular weight excluding hydrogens is 619 g/mol. The minimum Gasteiger partial charge on any atom is -0.456 e. The second-order valence-electron chi connectivity index (χ2n) is 14.2. The number of furan rings is 1. The molecule has 0 bridgehead atoms. The normalized spacial score (nSPS) is 13.1. The second kappa shape index (κ2) is 11.3. The van der Waals surface area contributed by atoms with Crippen LogP contribution in [0.5, 0.6) is 0 Å². The van der Waals surface area contributed by atoms with Gasteiger partial charge in [-0.15, -0.1) is 0 Å². The van der Waals surface area contributed by atoms with Crippen LogP contribution in [-0.4, -0.2) is 0 Å². The van der Waals surface area contributed by atoms with E-state index in [2.05, 4.69) is 183 Å². The molecule has 0 aliphatic heterocycles. The Bertz CT molecular complexity index is 2780. The van der Waals surface area contributed by atoms with Crippen molar-refractivity contribution >= 4 is 49.8 Å². The number of benzene rings is 8. The fraction of sp³-hybridized carbons (Fsp3) is 0.0612. The lowest BCUT2D eigenvalue weighted by Gasteiger charge is -2.26. The maximum absolute atomic E-state index is 6.23. The van der Waals surface area contributed by atoms with Crippen LogP contribution in [0, 0.1) is 0 Å². The smallest absolute Gasteiger partial charge is 0.135 e. The van der Waals surface area contributed by atoms with Crippen LogP contribution in [0.15, 0.2) is 180 Å². The lowest BCUT2D eigenvalue weighted by Crippen LogP contribution is -2.14.